The maximum absolute atomic E-state index is 12.8. The first kappa shape index (κ1) is 20.2. The molecule has 2 rings (SSSR count). The van der Waals surface area contributed by atoms with E-state index in [0.717, 1.165) is 37.0 Å². The zero-order valence-electron chi connectivity index (χ0n) is 15.8. The summed E-state index contributed by atoms with van der Waals surface area (Å²) in [6.07, 6.45) is 4.92. The van der Waals surface area contributed by atoms with Crippen LogP contribution in [-0.4, -0.2) is 53.4 Å². The van der Waals surface area contributed by atoms with Gasteiger partial charge in [0.05, 0.1) is 0 Å². The van der Waals surface area contributed by atoms with E-state index in [0.29, 0.717) is 6.42 Å². The summed E-state index contributed by atoms with van der Waals surface area (Å²) in [5.74, 6) is -1.50. The fourth-order valence-electron chi connectivity index (χ4n) is 3.72. The Labute approximate surface area is 154 Å². The van der Waals surface area contributed by atoms with E-state index in [2.05, 4.69) is 10.6 Å². The first-order valence-electron chi connectivity index (χ1n) is 9.43. The zero-order chi connectivity index (χ0) is 19.3. The molecule has 0 aromatic rings. The van der Waals surface area contributed by atoms with E-state index in [-0.39, 0.29) is 23.8 Å². The van der Waals surface area contributed by atoms with Crippen molar-refractivity contribution in [2.75, 3.05) is 13.2 Å². The highest BCUT2D eigenvalue weighted by Crippen LogP contribution is 2.38. The Morgan fingerprint density at radius 1 is 1.31 bits per heavy atom. The number of nitrogens with zero attached hydrogens (tertiary/aromatic N) is 1. The highest BCUT2D eigenvalue weighted by Gasteiger charge is 2.55. The van der Waals surface area contributed by atoms with Gasteiger partial charge in [0.1, 0.15) is 12.1 Å². The predicted octanol–water partition coefficient (Wildman–Crippen LogP) is 1.34. The molecule has 1 saturated carbocycles. The second-order valence-electron chi connectivity index (χ2n) is 7.18. The standard InChI is InChI=1S/C18H29N3O5/c1-4-13(5-2)19-14(22)11-26-15(23)10-21-16(24)18(20-17(21)25)9-7-6-8-12(18)3/h12-13H,4-11H2,1-3H3,(H,19,22)(H,20,25)/t12-,18+/m0/s1. The second kappa shape index (κ2) is 8.51. The maximum atomic E-state index is 12.8. The molecular weight excluding hydrogens is 338 g/mol. The number of hydrogen-bond donors (Lipinski definition) is 2. The number of rotatable bonds is 7. The van der Waals surface area contributed by atoms with Gasteiger partial charge in [-0.25, -0.2) is 4.79 Å². The molecule has 0 bridgehead atoms. The van der Waals surface area contributed by atoms with Crippen molar-refractivity contribution in [3.8, 4) is 0 Å². The minimum atomic E-state index is -0.900. The molecule has 1 heterocycles. The number of amides is 4. The normalized spacial score (nSPS) is 25.5. The lowest BCUT2D eigenvalue weighted by Gasteiger charge is -2.36. The van der Waals surface area contributed by atoms with E-state index in [4.69, 9.17) is 4.74 Å². The molecule has 0 unspecified atom stereocenters. The average molecular weight is 367 g/mol. The van der Waals surface area contributed by atoms with Crippen LogP contribution in [0.1, 0.15) is 59.3 Å². The number of esters is 1. The van der Waals surface area contributed by atoms with Gasteiger partial charge in [0.2, 0.25) is 0 Å². The molecule has 2 fully saturated rings. The van der Waals surface area contributed by atoms with Crippen molar-refractivity contribution in [3.63, 3.8) is 0 Å². The minimum absolute atomic E-state index is 0.0273. The van der Waals surface area contributed by atoms with Crippen LogP contribution >= 0.6 is 0 Å². The van der Waals surface area contributed by atoms with Gasteiger partial charge in [-0.1, -0.05) is 33.6 Å². The fraction of sp³-hybridized carbons (Fsp3) is 0.778. The van der Waals surface area contributed by atoms with Crippen molar-refractivity contribution in [2.45, 2.75) is 70.9 Å². The summed E-state index contributed by atoms with van der Waals surface area (Å²) in [4.78, 5) is 49.6. The van der Waals surface area contributed by atoms with Crippen LogP contribution in [0, 0.1) is 5.92 Å². The molecule has 1 saturated heterocycles. The first-order chi connectivity index (χ1) is 12.3. The summed E-state index contributed by atoms with van der Waals surface area (Å²) in [7, 11) is 0. The first-order valence-corrected chi connectivity index (χ1v) is 9.43. The van der Waals surface area contributed by atoms with Gasteiger partial charge < -0.3 is 15.4 Å². The molecule has 8 heteroatoms. The van der Waals surface area contributed by atoms with E-state index in [1.54, 1.807) is 0 Å². The van der Waals surface area contributed by atoms with Crippen LogP contribution in [0.2, 0.25) is 0 Å². The SMILES string of the molecule is CCC(CC)NC(=O)COC(=O)CN1C(=O)N[C@@]2(CCCC[C@@H]2C)C1=O. The largest absolute Gasteiger partial charge is 0.454 e. The van der Waals surface area contributed by atoms with Gasteiger partial charge in [0.25, 0.3) is 11.8 Å². The Hall–Kier alpha value is -2.12. The van der Waals surface area contributed by atoms with Crippen LogP contribution in [0.15, 0.2) is 0 Å². The van der Waals surface area contributed by atoms with Crippen LogP contribution in [-0.2, 0) is 19.1 Å². The molecule has 146 valence electrons. The third-order valence-electron chi connectivity index (χ3n) is 5.50. The highest BCUT2D eigenvalue weighted by molar-refractivity contribution is 6.09. The molecule has 0 aromatic carbocycles. The minimum Gasteiger partial charge on any atom is -0.454 e. The number of carbonyl (C=O) groups is 4. The Morgan fingerprint density at radius 2 is 2.00 bits per heavy atom. The summed E-state index contributed by atoms with van der Waals surface area (Å²) in [6.45, 7) is 4.97. The number of nitrogens with one attached hydrogen (secondary N) is 2. The smallest absolute Gasteiger partial charge is 0.326 e. The third-order valence-corrected chi connectivity index (χ3v) is 5.50. The number of urea groups is 1. The van der Waals surface area contributed by atoms with Crippen LogP contribution in [0.3, 0.4) is 0 Å². The molecule has 8 nitrogen and oxygen atoms in total. The topological polar surface area (TPSA) is 105 Å². The third kappa shape index (κ3) is 4.16. The summed E-state index contributed by atoms with van der Waals surface area (Å²) in [5, 5.41) is 5.54. The molecule has 2 atom stereocenters. The number of ether oxygens (including phenoxy) is 1. The van der Waals surface area contributed by atoms with E-state index in [1.165, 1.54) is 0 Å². The van der Waals surface area contributed by atoms with Gasteiger partial charge in [0.15, 0.2) is 6.61 Å². The molecule has 0 aromatic heterocycles. The van der Waals surface area contributed by atoms with E-state index in [1.807, 2.05) is 20.8 Å². The van der Waals surface area contributed by atoms with Crippen LogP contribution < -0.4 is 10.6 Å². The Kier molecular flexibility index (Phi) is 6.61. The Bertz CT molecular complexity index is 575. The van der Waals surface area contributed by atoms with Crippen molar-refractivity contribution < 1.29 is 23.9 Å². The lowest BCUT2D eigenvalue weighted by molar-refractivity contribution is -0.151. The number of carbonyl (C=O) groups excluding carboxylic acids is 4. The monoisotopic (exact) mass is 367 g/mol. The molecule has 2 N–H and O–H groups in total. The van der Waals surface area contributed by atoms with Crippen molar-refractivity contribution in [2.24, 2.45) is 5.92 Å². The molecule has 1 aliphatic carbocycles. The van der Waals surface area contributed by atoms with Gasteiger partial charge in [-0.15, -0.1) is 0 Å². The Balaban J connectivity index is 1.88. The number of imide groups is 1. The summed E-state index contributed by atoms with van der Waals surface area (Å²) < 4.78 is 4.93. The Morgan fingerprint density at radius 3 is 2.62 bits per heavy atom. The summed E-state index contributed by atoms with van der Waals surface area (Å²) in [5.41, 5.74) is -0.900. The van der Waals surface area contributed by atoms with Gasteiger partial charge in [0, 0.05) is 6.04 Å². The zero-order valence-corrected chi connectivity index (χ0v) is 15.8. The molecule has 1 spiro atoms. The quantitative estimate of drug-likeness (QED) is 0.522. The summed E-state index contributed by atoms with van der Waals surface area (Å²) >= 11 is 0. The van der Waals surface area contributed by atoms with Gasteiger partial charge >= 0.3 is 12.0 Å². The lowest BCUT2D eigenvalue weighted by atomic mass is 9.73. The van der Waals surface area contributed by atoms with Gasteiger partial charge in [-0.2, -0.15) is 0 Å². The van der Waals surface area contributed by atoms with Crippen LogP contribution in [0.25, 0.3) is 0 Å². The lowest BCUT2D eigenvalue weighted by Crippen LogP contribution is -2.54. The van der Waals surface area contributed by atoms with E-state index >= 15 is 0 Å². The van der Waals surface area contributed by atoms with Crippen molar-refractivity contribution in [3.05, 3.63) is 0 Å². The summed E-state index contributed by atoms with van der Waals surface area (Å²) in [6, 6.07) is -0.526. The molecule has 2 aliphatic rings. The highest BCUT2D eigenvalue weighted by atomic mass is 16.5. The second-order valence-corrected chi connectivity index (χ2v) is 7.18. The molecule has 26 heavy (non-hydrogen) atoms. The number of hydrogen-bond acceptors (Lipinski definition) is 5. The van der Waals surface area contributed by atoms with E-state index < -0.39 is 30.7 Å². The van der Waals surface area contributed by atoms with Crippen molar-refractivity contribution in [1.82, 2.24) is 15.5 Å². The van der Waals surface area contributed by atoms with Crippen molar-refractivity contribution in [1.29, 1.82) is 0 Å². The maximum Gasteiger partial charge on any atom is 0.326 e. The van der Waals surface area contributed by atoms with Crippen LogP contribution in [0.5, 0.6) is 0 Å². The fourth-order valence-corrected chi connectivity index (χ4v) is 3.72. The van der Waals surface area contributed by atoms with Crippen LogP contribution in [0.4, 0.5) is 4.79 Å². The molecule has 0 radical (unpaired) electrons. The molecule has 4 amide bonds. The van der Waals surface area contributed by atoms with Gasteiger partial charge in [-0.05, 0) is 31.6 Å². The molecule has 1 aliphatic heterocycles. The van der Waals surface area contributed by atoms with Crippen molar-refractivity contribution >= 4 is 23.8 Å². The predicted molar refractivity (Wildman–Crippen MR) is 94.1 cm³/mol. The average Bonchev–Trinajstić information content (AvgIpc) is 2.85. The molecular formula is C18H29N3O5. The van der Waals surface area contributed by atoms with Gasteiger partial charge in [-0.3, -0.25) is 19.3 Å². The van der Waals surface area contributed by atoms with E-state index in [9.17, 15) is 19.2 Å².